The largest absolute Gasteiger partial charge is 0.508 e. The molecular formula is C17H12N4O. The van der Waals surface area contributed by atoms with Gasteiger partial charge in [-0.3, -0.25) is 4.98 Å². The highest BCUT2D eigenvalue weighted by Gasteiger charge is 2.09. The molecule has 3 heterocycles. The van der Waals surface area contributed by atoms with Gasteiger partial charge in [0.1, 0.15) is 5.75 Å². The van der Waals surface area contributed by atoms with Crippen LogP contribution in [0.1, 0.15) is 0 Å². The van der Waals surface area contributed by atoms with E-state index in [0.717, 1.165) is 28.2 Å². The number of phenols is 1. The van der Waals surface area contributed by atoms with E-state index in [1.54, 1.807) is 41.3 Å². The predicted molar refractivity (Wildman–Crippen MR) is 83.3 cm³/mol. The Morgan fingerprint density at radius 2 is 1.77 bits per heavy atom. The van der Waals surface area contributed by atoms with Crippen molar-refractivity contribution in [1.82, 2.24) is 19.6 Å². The minimum atomic E-state index is 0.222. The molecule has 4 rings (SSSR count). The van der Waals surface area contributed by atoms with Crippen LogP contribution in [0.2, 0.25) is 0 Å². The van der Waals surface area contributed by atoms with Crippen molar-refractivity contribution in [2.45, 2.75) is 0 Å². The zero-order valence-corrected chi connectivity index (χ0v) is 11.6. The molecule has 1 aromatic carbocycles. The summed E-state index contributed by atoms with van der Waals surface area (Å²) >= 11 is 0. The lowest BCUT2D eigenvalue weighted by Crippen LogP contribution is -1.96. The van der Waals surface area contributed by atoms with Crippen LogP contribution >= 0.6 is 0 Å². The van der Waals surface area contributed by atoms with Crippen LogP contribution < -0.4 is 0 Å². The molecule has 0 aliphatic heterocycles. The van der Waals surface area contributed by atoms with Gasteiger partial charge in [0, 0.05) is 23.5 Å². The van der Waals surface area contributed by atoms with Gasteiger partial charge in [0.15, 0.2) is 5.65 Å². The van der Waals surface area contributed by atoms with Gasteiger partial charge in [-0.15, -0.1) is 0 Å². The maximum atomic E-state index is 9.63. The topological polar surface area (TPSA) is 63.3 Å². The fourth-order valence-electron chi connectivity index (χ4n) is 2.41. The Labute approximate surface area is 126 Å². The normalized spacial score (nSPS) is 10.9. The van der Waals surface area contributed by atoms with E-state index in [0.29, 0.717) is 0 Å². The average molecular weight is 288 g/mol. The summed E-state index contributed by atoms with van der Waals surface area (Å²) in [6.07, 6.45) is 5.28. The average Bonchev–Trinajstić information content (AvgIpc) is 2.99. The maximum absolute atomic E-state index is 9.63. The van der Waals surface area contributed by atoms with Crippen LogP contribution in [-0.4, -0.2) is 24.7 Å². The number of imidazole rings is 1. The minimum absolute atomic E-state index is 0.222. The van der Waals surface area contributed by atoms with Crippen molar-refractivity contribution in [2.24, 2.45) is 0 Å². The number of hydrogen-bond donors (Lipinski definition) is 1. The van der Waals surface area contributed by atoms with Crippen LogP contribution in [0.25, 0.3) is 28.2 Å². The lowest BCUT2D eigenvalue weighted by molar-refractivity contribution is 0.475. The molecule has 0 bridgehead atoms. The molecule has 0 fully saturated rings. The summed E-state index contributed by atoms with van der Waals surface area (Å²) in [6.45, 7) is 0. The number of benzene rings is 1. The van der Waals surface area contributed by atoms with Gasteiger partial charge in [0.05, 0.1) is 17.6 Å². The molecule has 4 aromatic rings. The molecule has 0 radical (unpaired) electrons. The molecule has 0 saturated heterocycles. The molecule has 1 N–H and O–H groups in total. The highest BCUT2D eigenvalue weighted by Crippen LogP contribution is 2.24. The smallest absolute Gasteiger partial charge is 0.154 e. The number of rotatable bonds is 2. The molecule has 0 saturated carbocycles. The quantitative estimate of drug-likeness (QED) is 0.615. The Balaban J connectivity index is 1.90. The van der Waals surface area contributed by atoms with Gasteiger partial charge in [0.25, 0.3) is 0 Å². The lowest BCUT2D eigenvalue weighted by atomic mass is 10.1. The number of fused-ring (bicyclic) bond motifs is 1. The van der Waals surface area contributed by atoms with Crippen molar-refractivity contribution >= 4 is 5.65 Å². The van der Waals surface area contributed by atoms with Gasteiger partial charge in [-0.05, 0) is 36.4 Å². The van der Waals surface area contributed by atoms with E-state index in [-0.39, 0.29) is 5.75 Å². The molecule has 0 amide bonds. The lowest BCUT2D eigenvalue weighted by Gasteiger charge is -2.05. The second kappa shape index (κ2) is 4.96. The van der Waals surface area contributed by atoms with E-state index in [1.165, 1.54) is 0 Å². The van der Waals surface area contributed by atoms with Crippen LogP contribution in [0.15, 0.2) is 67.1 Å². The number of hydrogen-bond acceptors (Lipinski definition) is 4. The zero-order valence-electron chi connectivity index (χ0n) is 11.6. The van der Waals surface area contributed by atoms with E-state index in [9.17, 15) is 5.11 Å². The number of pyridine rings is 1. The van der Waals surface area contributed by atoms with E-state index < -0.39 is 0 Å². The number of aromatic hydroxyl groups is 1. The summed E-state index contributed by atoms with van der Waals surface area (Å²) in [5.41, 5.74) is 4.31. The summed E-state index contributed by atoms with van der Waals surface area (Å²) in [4.78, 5) is 8.41. The SMILES string of the molecule is Oc1cccc(-c2ccc3ncc(-c4ccncc4)n3n2)c1. The summed E-state index contributed by atoms with van der Waals surface area (Å²) in [5, 5.41) is 14.3. The number of nitrogens with zero attached hydrogens (tertiary/aromatic N) is 4. The van der Waals surface area contributed by atoms with Crippen LogP contribution in [0, 0.1) is 0 Å². The molecule has 0 spiro atoms. The molecule has 3 aromatic heterocycles. The Morgan fingerprint density at radius 3 is 2.59 bits per heavy atom. The number of aromatic nitrogens is 4. The van der Waals surface area contributed by atoms with Gasteiger partial charge in [-0.25, -0.2) is 9.50 Å². The summed E-state index contributed by atoms with van der Waals surface area (Å²) < 4.78 is 1.80. The maximum Gasteiger partial charge on any atom is 0.154 e. The van der Waals surface area contributed by atoms with Gasteiger partial charge in [-0.2, -0.15) is 5.10 Å². The Morgan fingerprint density at radius 1 is 0.909 bits per heavy atom. The summed E-state index contributed by atoms with van der Waals surface area (Å²) in [6, 6.07) is 14.7. The first-order chi connectivity index (χ1) is 10.8. The Bertz CT molecular complexity index is 947. The van der Waals surface area contributed by atoms with E-state index >= 15 is 0 Å². The molecule has 5 nitrogen and oxygen atoms in total. The van der Waals surface area contributed by atoms with Crippen LogP contribution in [0.4, 0.5) is 0 Å². The first kappa shape index (κ1) is 12.5. The Hall–Kier alpha value is -3.21. The fraction of sp³-hybridized carbons (Fsp3) is 0. The van der Waals surface area contributed by atoms with Gasteiger partial charge in [0.2, 0.25) is 0 Å². The first-order valence-electron chi connectivity index (χ1n) is 6.86. The summed E-state index contributed by atoms with van der Waals surface area (Å²) in [5.74, 6) is 0.222. The van der Waals surface area contributed by atoms with Crippen molar-refractivity contribution < 1.29 is 5.11 Å². The van der Waals surface area contributed by atoms with E-state index in [1.807, 2.05) is 30.3 Å². The molecular weight excluding hydrogens is 276 g/mol. The fourth-order valence-corrected chi connectivity index (χ4v) is 2.41. The summed E-state index contributed by atoms with van der Waals surface area (Å²) in [7, 11) is 0. The molecule has 0 aliphatic carbocycles. The second-order valence-corrected chi connectivity index (χ2v) is 4.92. The molecule has 22 heavy (non-hydrogen) atoms. The third-order valence-corrected chi connectivity index (χ3v) is 3.48. The molecule has 0 unspecified atom stereocenters. The third kappa shape index (κ3) is 2.09. The van der Waals surface area contributed by atoms with Crippen LogP contribution in [-0.2, 0) is 0 Å². The predicted octanol–water partition coefficient (Wildman–Crippen LogP) is 3.16. The molecule has 0 aliphatic rings. The van der Waals surface area contributed by atoms with Crippen molar-refractivity contribution in [3.63, 3.8) is 0 Å². The second-order valence-electron chi connectivity index (χ2n) is 4.92. The molecule has 106 valence electrons. The van der Waals surface area contributed by atoms with Gasteiger partial charge >= 0.3 is 0 Å². The molecule has 5 heteroatoms. The number of phenolic OH excluding ortho intramolecular Hbond substituents is 1. The zero-order chi connectivity index (χ0) is 14.9. The monoisotopic (exact) mass is 288 g/mol. The highest BCUT2D eigenvalue weighted by atomic mass is 16.3. The minimum Gasteiger partial charge on any atom is -0.508 e. The van der Waals surface area contributed by atoms with E-state index in [4.69, 9.17) is 0 Å². The third-order valence-electron chi connectivity index (χ3n) is 3.48. The van der Waals surface area contributed by atoms with Crippen molar-refractivity contribution in [1.29, 1.82) is 0 Å². The van der Waals surface area contributed by atoms with Gasteiger partial charge in [-0.1, -0.05) is 12.1 Å². The highest BCUT2D eigenvalue weighted by molar-refractivity contribution is 5.66. The molecule has 0 atom stereocenters. The van der Waals surface area contributed by atoms with Crippen molar-refractivity contribution in [3.05, 3.63) is 67.1 Å². The Kier molecular flexibility index (Phi) is 2.83. The van der Waals surface area contributed by atoms with Crippen LogP contribution in [0.3, 0.4) is 0 Å². The van der Waals surface area contributed by atoms with Crippen LogP contribution in [0.5, 0.6) is 5.75 Å². The first-order valence-corrected chi connectivity index (χ1v) is 6.86. The van der Waals surface area contributed by atoms with E-state index in [2.05, 4.69) is 15.1 Å². The van der Waals surface area contributed by atoms with Crippen molar-refractivity contribution in [2.75, 3.05) is 0 Å². The standard InChI is InChI=1S/C17H12N4O/c22-14-3-1-2-13(10-14)15-4-5-17-19-11-16(21(17)20-15)12-6-8-18-9-7-12/h1-11,22H. The van der Waals surface area contributed by atoms with Crippen molar-refractivity contribution in [3.8, 4) is 28.3 Å². The van der Waals surface area contributed by atoms with Gasteiger partial charge < -0.3 is 5.11 Å².